The van der Waals surface area contributed by atoms with Gasteiger partial charge >= 0.3 is 5.97 Å². The van der Waals surface area contributed by atoms with E-state index in [1.54, 1.807) is 6.08 Å². The number of rotatable bonds is 7. The molecule has 0 N–H and O–H groups in total. The van der Waals surface area contributed by atoms with Gasteiger partial charge in [0.15, 0.2) is 0 Å². The predicted octanol–water partition coefficient (Wildman–Crippen LogP) is 5.55. The molecule has 0 aromatic carbocycles. The maximum Gasteiger partial charge on any atom is 0.309 e. The lowest BCUT2D eigenvalue weighted by molar-refractivity contribution is -0.157. The summed E-state index contributed by atoms with van der Waals surface area (Å²) in [5.41, 5.74) is 0. The van der Waals surface area contributed by atoms with E-state index in [1.807, 2.05) is 12.1 Å². The first-order valence-electron chi connectivity index (χ1n) is 9.98. The molecule has 3 nitrogen and oxygen atoms in total. The van der Waals surface area contributed by atoms with Crippen LogP contribution in [0.15, 0.2) is 12.2 Å². The maximum atomic E-state index is 12.4. The summed E-state index contributed by atoms with van der Waals surface area (Å²) in [6, 6.07) is 2.03. The van der Waals surface area contributed by atoms with Crippen LogP contribution in [0.4, 0.5) is 0 Å². The molecule has 0 bridgehead atoms. The zero-order valence-corrected chi connectivity index (χ0v) is 15.2. The number of carbonyl (C=O) groups is 1. The van der Waals surface area contributed by atoms with Crippen LogP contribution < -0.4 is 0 Å². The van der Waals surface area contributed by atoms with Gasteiger partial charge in [-0.3, -0.25) is 4.79 Å². The van der Waals surface area contributed by atoms with Gasteiger partial charge in [0.2, 0.25) is 0 Å². The Morgan fingerprint density at radius 3 is 2.29 bits per heavy atom. The van der Waals surface area contributed by atoms with Gasteiger partial charge in [0.1, 0.15) is 6.10 Å². The van der Waals surface area contributed by atoms with Gasteiger partial charge in [-0.15, -0.1) is 0 Å². The molecule has 0 amide bonds. The van der Waals surface area contributed by atoms with E-state index in [9.17, 15) is 4.79 Å². The molecule has 0 spiro atoms. The highest BCUT2D eigenvalue weighted by molar-refractivity contribution is 5.72. The minimum atomic E-state index is 0.0665. The smallest absolute Gasteiger partial charge is 0.309 e. The molecular formula is C21H33NO2. The second kappa shape index (κ2) is 10.5. The van der Waals surface area contributed by atoms with Crippen molar-refractivity contribution in [2.24, 2.45) is 17.8 Å². The average Bonchev–Trinajstić information content (AvgIpc) is 2.61. The Hall–Kier alpha value is -1.30. The summed E-state index contributed by atoms with van der Waals surface area (Å²) in [6.07, 6.45) is 17.2. The number of hydrogen-bond acceptors (Lipinski definition) is 3. The van der Waals surface area contributed by atoms with E-state index in [-0.39, 0.29) is 18.0 Å². The summed E-state index contributed by atoms with van der Waals surface area (Å²) in [5.74, 6) is 1.76. The number of allylic oxidation sites excluding steroid dienone is 2. The first-order valence-corrected chi connectivity index (χ1v) is 9.98. The van der Waals surface area contributed by atoms with Crippen LogP contribution in [0.25, 0.3) is 0 Å². The summed E-state index contributed by atoms with van der Waals surface area (Å²) in [5, 5.41) is 8.49. The highest BCUT2D eigenvalue weighted by Gasteiger charge is 2.30. The molecule has 0 heterocycles. The standard InChI is InChI=1S/C21H33NO2/c1-2-6-17-10-14-20(15-11-17)24-21(23)19-12-8-18(9-13-19)7-4-3-5-16-22/h3,5,17-20H,2,4,6-15H2,1H3/t17-,18-,19-,20-. The van der Waals surface area contributed by atoms with Crippen LogP contribution in [0.1, 0.15) is 84.0 Å². The van der Waals surface area contributed by atoms with Crippen molar-refractivity contribution in [2.75, 3.05) is 0 Å². The van der Waals surface area contributed by atoms with Gasteiger partial charge in [-0.2, -0.15) is 5.26 Å². The molecule has 0 saturated heterocycles. The number of ether oxygens (including phenoxy) is 1. The summed E-state index contributed by atoms with van der Waals surface area (Å²) in [4.78, 5) is 12.4. The minimum Gasteiger partial charge on any atom is -0.462 e. The molecule has 134 valence electrons. The lowest BCUT2D eigenvalue weighted by Gasteiger charge is -2.31. The quantitative estimate of drug-likeness (QED) is 0.453. The van der Waals surface area contributed by atoms with Gasteiger partial charge in [-0.25, -0.2) is 0 Å². The van der Waals surface area contributed by atoms with Gasteiger partial charge in [-0.05, 0) is 76.0 Å². The van der Waals surface area contributed by atoms with Crippen molar-refractivity contribution in [3.63, 3.8) is 0 Å². The van der Waals surface area contributed by atoms with Crippen molar-refractivity contribution < 1.29 is 9.53 Å². The zero-order chi connectivity index (χ0) is 17.2. The second-order valence-corrected chi connectivity index (χ2v) is 7.69. The van der Waals surface area contributed by atoms with E-state index >= 15 is 0 Å². The third kappa shape index (κ3) is 6.30. The molecule has 2 aliphatic rings. The molecule has 0 aliphatic heterocycles. The molecule has 24 heavy (non-hydrogen) atoms. The monoisotopic (exact) mass is 331 g/mol. The largest absolute Gasteiger partial charge is 0.462 e. The number of nitrogens with zero attached hydrogens (tertiary/aromatic N) is 1. The number of carbonyl (C=O) groups excluding carboxylic acids is 1. The minimum absolute atomic E-state index is 0.0665. The van der Waals surface area contributed by atoms with Crippen molar-refractivity contribution in [2.45, 2.75) is 90.1 Å². The van der Waals surface area contributed by atoms with Crippen molar-refractivity contribution in [1.82, 2.24) is 0 Å². The molecule has 2 rings (SSSR count). The second-order valence-electron chi connectivity index (χ2n) is 7.69. The van der Waals surface area contributed by atoms with Crippen molar-refractivity contribution >= 4 is 5.97 Å². The maximum absolute atomic E-state index is 12.4. The van der Waals surface area contributed by atoms with Crippen molar-refractivity contribution in [3.8, 4) is 6.07 Å². The molecular weight excluding hydrogens is 298 g/mol. The van der Waals surface area contributed by atoms with E-state index in [1.165, 1.54) is 25.7 Å². The summed E-state index contributed by atoms with van der Waals surface area (Å²) < 4.78 is 5.82. The Morgan fingerprint density at radius 2 is 1.67 bits per heavy atom. The van der Waals surface area contributed by atoms with Crippen LogP contribution in [0, 0.1) is 29.1 Å². The average molecular weight is 332 g/mol. The molecule has 3 heteroatoms. The Morgan fingerprint density at radius 1 is 1.04 bits per heavy atom. The van der Waals surface area contributed by atoms with E-state index < -0.39 is 0 Å². The predicted molar refractivity (Wildman–Crippen MR) is 96.2 cm³/mol. The Bertz CT molecular complexity index is 435. The third-order valence-electron chi connectivity index (χ3n) is 5.89. The Labute approximate surface area is 147 Å². The van der Waals surface area contributed by atoms with Gasteiger partial charge in [-0.1, -0.05) is 25.8 Å². The summed E-state index contributed by atoms with van der Waals surface area (Å²) in [7, 11) is 0. The van der Waals surface area contributed by atoms with Crippen LogP contribution in [0.2, 0.25) is 0 Å². The van der Waals surface area contributed by atoms with E-state index in [0.717, 1.165) is 57.3 Å². The summed E-state index contributed by atoms with van der Waals surface area (Å²) in [6.45, 7) is 2.25. The fraction of sp³-hybridized carbons (Fsp3) is 0.810. The molecule has 0 aromatic rings. The zero-order valence-electron chi connectivity index (χ0n) is 15.2. The van der Waals surface area contributed by atoms with Crippen LogP contribution in [0.3, 0.4) is 0 Å². The van der Waals surface area contributed by atoms with Gasteiger partial charge in [0.25, 0.3) is 0 Å². The Balaban J connectivity index is 1.63. The number of hydrogen-bond donors (Lipinski definition) is 0. The molecule has 0 unspecified atom stereocenters. The van der Waals surface area contributed by atoms with Crippen LogP contribution in [-0.2, 0) is 9.53 Å². The van der Waals surface area contributed by atoms with Crippen LogP contribution >= 0.6 is 0 Å². The topological polar surface area (TPSA) is 50.1 Å². The highest BCUT2D eigenvalue weighted by Crippen LogP contribution is 2.34. The lowest BCUT2D eigenvalue weighted by Crippen LogP contribution is -2.30. The van der Waals surface area contributed by atoms with Crippen LogP contribution in [-0.4, -0.2) is 12.1 Å². The summed E-state index contributed by atoms with van der Waals surface area (Å²) >= 11 is 0. The first kappa shape index (κ1) is 19.0. The molecule has 2 aliphatic carbocycles. The van der Waals surface area contributed by atoms with Crippen LogP contribution in [0.5, 0.6) is 0 Å². The SMILES string of the molecule is CCC[C@H]1CC[C@H](OC(=O)[C@H]2CC[C@H](CCC=CC#N)CC2)CC1. The molecule has 0 atom stereocenters. The van der Waals surface area contributed by atoms with Gasteiger partial charge in [0, 0.05) is 6.08 Å². The highest BCUT2D eigenvalue weighted by atomic mass is 16.5. The fourth-order valence-electron chi connectivity index (χ4n) is 4.36. The van der Waals surface area contributed by atoms with Gasteiger partial charge in [0.05, 0.1) is 12.0 Å². The van der Waals surface area contributed by atoms with Gasteiger partial charge < -0.3 is 4.74 Å². The van der Waals surface area contributed by atoms with E-state index in [4.69, 9.17) is 10.00 Å². The van der Waals surface area contributed by atoms with E-state index in [0.29, 0.717) is 5.92 Å². The van der Waals surface area contributed by atoms with Crippen molar-refractivity contribution in [1.29, 1.82) is 5.26 Å². The number of esters is 1. The molecule has 2 saturated carbocycles. The Kier molecular flexibility index (Phi) is 8.36. The van der Waals surface area contributed by atoms with E-state index in [2.05, 4.69) is 6.92 Å². The van der Waals surface area contributed by atoms with Crippen molar-refractivity contribution in [3.05, 3.63) is 12.2 Å². The lowest BCUT2D eigenvalue weighted by atomic mass is 9.80. The normalized spacial score (nSPS) is 30.8. The molecule has 2 fully saturated rings. The first-order chi connectivity index (χ1) is 11.7. The third-order valence-corrected chi connectivity index (χ3v) is 5.89. The fourth-order valence-corrected chi connectivity index (χ4v) is 4.36. The molecule has 0 aromatic heterocycles. The number of nitriles is 1. The molecule has 0 radical (unpaired) electrons.